The average molecular weight is 296 g/mol. The molecule has 0 aliphatic heterocycles. The number of nitrogens with one attached hydrogen (secondary N) is 1. The molecule has 17 heavy (non-hydrogen) atoms. The third kappa shape index (κ3) is 2.37. The lowest BCUT2D eigenvalue weighted by atomic mass is 10.1. The van der Waals surface area contributed by atoms with Gasteiger partial charge in [0.1, 0.15) is 0 Å². The molecule has 0 saturated carbocycles. The second kappa shape index (κ2) is 5.37. The van der Waals surface area contributed by atoms with Gasteiger partial charge in [0.2, 0.25) is 0 Å². The summed E-state index contributed by atoms with van der Waals surface area (Å²) in [5, 5.41) is 7.55. The highest BCUT2D eigenvalue weighted by molar-refractivity contribution is 9.10. The van der Waals surface area contributed by atoms with Crippen LogP contribution in [-0.2, 0) is 6.54 Å². The highest BCUT2D eigenvalue weighted by Gasteiger charge is 2.21. The van der Waals surface area contributed by atoms with Crippen molar-refractivity contribution in [1.29, 1.82) is 0 Å². The number of aryl methyl sites for hydroxylation is 1. The summed E-state index contributed by atoms with van der Waals surface area (Å²) >= 11 is 3.53. The minimum Gasteiger partial charge on any atom is -0.307 e. The van der Waals surface area contributed by atoms with Crippen LogP contribution in [0.2, 0.25) is 0 Å². The molecule has 0 aromatic carbocycles. The van der Waals surface area contributed by atoms with Crippen LogP contribution in [0.1, 0.15) is 24.4 Å². The van der Waals surface area contributed by atoms with E-state index in [2.05, 4.69) is 43.2 Å². The second-order valence-electron chi connectivity index (χ2n) is 3.55. The maximum Gasteiger partial charge on any atom is 0.0946 e. The smallest absolute Gasteiger partial charge is 0.0946 e. The summed E-state index contributed by atoms with van der Waals surface area (Å²) in [4.78, 5) is 8.44. The zero-order chi connectivity index (χ0) is 12.3. The van der Waals surface area contributed by atoms with Crippen LogP contribution in [0, 0.1) is 0 Å². The Morgan fingerprint density at radius 3 is 2.82 bits per heavy atom. The summed E-state index contributed by atoms with van der Waals surface area (Å²) in [5.74, 6) is 0. The average Bonchev–Trinajstić information content (AvgIpc) is 2.74. The number of hydrogen-bond acceptors (Lipinski definition) is 4. The SMILES string of the molecule is CCn1ncc(Br)c1C(NC)c1cnccn1. The molecule has 0 bridgehead atoms. The van der Waals surface area contributed by atoms with Crippen molar-refractivity contribution in [2.24, 2.45) is 0 Å². The number of hydrogen-bond donors (Lipinski definition) is 1. The van der Waals surface area contributed by atoms with E-state index in [1.165, 1.54) is 0 Å². The van der Waals surface area contributed by atoms with E-state index < -0.39 is 0 Å². The maximum atomic E-state index is 4.34. The molecule has 1 unspecified atom stereocenters. The molecule has 90 valence electrons. The summed E-state index contributed by atoms with van der Waals surface area (Å²) in [6.45, 7) is 2.88. The summed E-state index contributed by atoms with van der Waals surface area (Å²) in [6, 6.07) is -0.0134. The minimum absolute atomic E-state index is 0.0134. The van der Waals surface area contributed by atoms with Gasteiger partial charge in [-0.25, -0.2) is 0 Å². The molecule has 2 heterocycles. The van der Waals surface area contributed by atoms with E-state index in [0.29, 0.717) is 0 Å². The summed E-state index contributed by atoms with van der Waals surface area (Å²) in [7, 11) is 1.90. The molecule has 2 aromatic heterocycles. The molecule has 1 atom stereocenters. The van der Waals surface area contributed by atoms with Gasteiger partial charge in [-0.3, -0.25) is 14.6 Å². The molecule has 5 nitrogen and oxygen atoms in total. The fourth-order valence-electron chi connectivity index (χ4n) is 1.80. The van der Waals surface area contributed by atoms with Crippen molar-refractivity contribution in [3.63, 3.8) is 0 Å². The Labute approximate surface area is 108 Å². The van der Waals surface area contributed by atoms with Gasteiger partial charge in [0.15, 0.2) is 0 Å². The van der Waals surface area contributed by atoms with Crippen LogP contribution in [-0.4, -0.2) is 26.8 Å². The number of aromatic nitrogens is 4. The lowest BCUT2D eigenvalue weighted by molar-refractivity contribution is 0.553. The van der Waals surface area contributed by atoms with Crippen molar-refractivity contribution in [3.8, 4) is 0 Å². The predicted molar refractivity (Wildman–Crippen MR) is 68.5 cm³/mol. The standard InChI is InChI=1S/C11H14BrN5/c1-3-17-11(8(12)6-16-17)10(13-2)9-7-14-4-5-15-9/h4-7,10,13H,3H2,1-2H3. The lowest BCUT2D eigenvalue weighted by Gasteiger charge is -2.17. The number of halogens is 1. The van der Waals surface area contributed by atoms with Gasteiger partial charge in [-0.2, -0.15) is 5.10 Å². The monoisotopic (exact) mass is 295 g/mol. The van der Waals surface area contributed by atoms with Crippen molar-refractivity contribution in [1.82, 2.24) is 25.1 Å². The fraction of sp³-hybridized carbons (Fsp3) is 0.364. The third-order valence-corrected chi connectivity index (χ3v) is 3.18. The van der Waals surface area contributed by atoms with Crippen LogP contribution in [0.4, 0.5) is 0 Å². The molecule has 0 saturated heterocycles. The van der Waals surface area contributed by atoms with Crippen molar-refractivity contribution in [3.05, 3.63) is 40.6 Å². The Bertz CT molecular complexity index is 482. The highest BCUT2D eigenvalue weighted by atomic mass is 79.9. The maximum absolute atomic E-state index is 4.34. The van der Waals surface area contributed by atoms with Crippen LogP contribution in [0.3, 0.4) is 0 Å². The minimum atomic E-state index is -0.0134. The molecule has 2 aromatic rings. The second-order valence-corrected chi connectivity index (χ2v) is 4.40. The Morgan fingerprint density at radius 1 is 1.41 bits per heavy atom. The Morgan fingerprint density at radius 2 is 2.24 bits per heavy atom. The van der Waals surface area contributed by atoms with Crippen molar-refractivity contribution in [2.45, 2.75) is 19.5 Å². The van der Waals surface area contributed by atoms with Gasteiger partial charge in [-0.05, 0) is 29.9 Å². The summed E-state index contributed by atoms with van der Waals surface area (Å²) in [5.41, 5.74) is 1.95. The van der Waals surface area contributed by atoms with Crippen molar-refractivity contribution >= 4 is 15.9 Å². The van der Waals surface area contributed by atoms with Gasteiger partial charge in [0, 0.05) is 18.9 Å². The first-order chi connectivity index (χ1) is 8.27. The van der Waals surface area contributed by atoms with Crippen LogP contribution in [0.15, 0.2) is 29.3 Å². The molecule has 6 heteroatoms. The van der Waals surface area contributed by atoms with Crippen LogP contribution in [0.5, 0.6) is 0 Å². The van der Waals surface area contributed by atoms with E-state index in [9.17, 15) is 0 Å². The molecule has 0 amide bonds. The number of rotatable bonds is 4. The van der Waals surface area contributed by atoms with Gasteiger partial charge in [0.25, 0.3) is 0 Å². The Hall–Kier alpha value is -1.27. The molecular formula is C11H14BrN5. The van der Waals surface area contributed by atoms with E-state index in [1.54, 1.807) is 24.8 Å². The van der Waals surface area contributed by atoms with E-state index in [4.69, 9.17) is 0 Å². The van der Waals surface area contributed by atoms with Gasteiger partial charge in [0.05, 0.1) is 34.3 Å². The quantitative estimate of drug-likeness (QED) is 0.934. The molecule has 0 aliphatic rings. The molecular weight excluding hydrogens is 282 g/mol. The predicted octanol–water partition coefficient (Wildman–Crippen LogP) is 1.76. The molecule has 0 fully saturated rings. The Balaban J connectivity index is 2.45. The van der Waals surface area contributed by atoms with Crippen LogP contribution >= 0.6 is 15.9 Å². The van der Waals surface area contributed by atoms with Gasteiger partial charge < -0.3 is 5.32 Å². The van der Waals surface area contributed by atoms with Crippen LogP contribution < -0.4 is 5.32 Å². The normalized spacial score (nSPS) is 12.6. The largest absolute Gasteiger partial charge is 0.307 e. The first kappa shape index (κ1) is 12.2. The fourth-order valence-corrected chi connectivity index (χ4v) is 2.32. The van der Waals surface area contributed by atoms with E-state index in [-0.39, 0.29) is 6.04 Å². The first-order valence-electron chi connectivity index (χ1n) is 5.42. The molecule has 0 spiro atoms. The van der Waals surface area contributed by atoms with E-state index in [0.717, 1.165) is 22.4 Å². The van der Waals surface area contributed by atoms with Gasteiger partial charge in [-0.15, -0.1) is 0 Å². The van der Waals surface area contributed by atoms with E-state index >= 15 is 0 Å². The van der Waals surface area contributed by atoms with E-state index in [1.807, 2.05) is 11.7 Å². The van der Waals surface area contributed by atoms with Crippen LogP contribution in [0.25, 0.3) is 0 Å². The topological polar surface area (TPSA) is 55.6 Å². The number of nitrogens with zero attached hydrogens (tertiary/aromatic N) is 4. The van der Waals surface area contributed by atoms with Crippen molar-refractivity contribution in [2.75, 3.05) is 7.05 Å². The summed E-state index contributed by atoms with van der Waals surface area (Å²) in [6.07, 6.45) is 6.93. The lowest BCUT2D eigenvalue weighted by Crippen LogP contribution is -2.23. The molecule has 0 aliphatic carbocycles. The molecule has 2 rings (SSSR count). The first-order valence-corrected chi connectivity index (χ1v) is 6.21. The van der Waals surface area contributed by atoms with Gasteiger partial charge >= 0.3 is 0 Å². The third-order valence-electron chi connectivity index (χ3n) is 2.57. The molecule has 1 N–H and O–H groups in total. The highest BCUT2D eigenvalue weighted by Crippen LogP contribution is 2.26. The zero-order valence-electron chi connectivity index (χ0n) is 9.76. The van der Waals surface area contributed by atoms with Crippen molar-refractivity contribution < 1.29 is 0 Å². The van der Waals surface area contributed by atoms with Gasteiger partial charge in [-0.1, -0.05) is 0 Å². The summed E-state index contributed by atoms with van der Waals surface area (Å²) < 4.78 is 2.92. The zero-order valence-corrected chi connectivity index (χ0v) is 11.3. The Kier molecular flexibility index (Phi) is 3.86. The molecule has 0 radical (unpaired) electrons.